The molecule has 0 bridgehead atoms. The fourth-order valence-electron chi connectivity index (χ4n) is 3.74. The summed E-state index contributed by atoms with van der Waals surface area (Å²) in [6, 6.07) is 8.04. The van der Waals surface area contributed by atoms with E-state index in [1.54, 1.807) is 0 Å². The molecule has 0 aliphatic carbocycles. The van der Waals surface area contributed by atoms with Crippen molar-refractivity contribution in [2.75, 3.05) is 44.2 Å². The lowest BCUT2D eigenvalue weighted by Crippen LogP contribution is -2.45. The molecular weight excluding hydrogens is 315 g/mol. The number of rotatable bonds is 5. The summed E-state index contributed by atoms with van der Waals surface area (Å²) >= 11 is 0. The first-order valence-electron chi connectivity index (χ1n) is 8.89. The van der Waals surface area contributed by atoms with Crippen molar-refractivity contribution in [1.82, 2.24) is 10.2 Å². The molecule has 2 aliphatic rings. The highest BCUT2D eigenvalue weighted by atomic mass is 19.4. The second-order valence-electron chi connectivity index (χ2n) is 6.74. The van der Waals surface area contributed by atoms with Gasteiger partial charge in [-0.05, 0) is 37.0 Å². The molecule has 0 aromatic heterocycles. The molecule has 1 N–H and O–H groups in total. The van der Waals surface area contributed by atoms with Crippen LogP contribution in [0.1, 0.15) is 37.3 Å². The third-order valence-corrected chi connectivity index (χ3v) is 5.04. The molecule has 3 nitrogen and oxygen atoms in total. The molecule has 134 valence electrons. The molecule has 0 saturated carbocycles. The fraction of sp³-hybridized carbons (Fsp3) is 0.667. The van der Waals surface area contributed by atoms with Crippen LogP contribution in [0.25, 0.3) is 0 Å². The van der Waals surface area contributed by atoms with Crippen molar-refractivity contribution in [1.29, 1.82) is 0 Å². The quantitative estimate of drug-likeness (QED) is 0.883. The number of alkyl halides is 3. The van der Waals surface area contributed by atoms with Crippen molar-refractivity contribution in [3.63, 3.8) is 0 Å². The third-order valence-electron chi connectivity index (χ3n) is 5.04. The maximum Gasteiger partial charge on any atom is 0.389 e. The summed E-state index contributed by atoms with van der Waals surface area (Å²) in [4.78, 5) is 4.53. The summed E-state index contributed by atoms with van der Waals surface area (Å²) in [6.07, 6.45) is -2.25. The number of nitrogens with zero attached hydrogens (tertiary/aromatic N) is 2. The molecule has 24 heavy (non-hydrogen) atoms. The van der Waals surface area contributed by atoms with E-state index in [-0.39, 0.29) is 12.5 Å². The predicted molar refractivity (Wildman–Crippen MR) is 90.4 cm³/mol. The van der Waals surface area contributed by atoms with Gasteiger partial charge in [0.1, 0.15) is 0 Å². The van der Waals surface area contributed by atoms with Crippen LogP contribution in [-0.4, -0.2) is 50.3 Å². The molecule has 0 radical (unpaired) electrons. The zero-order valence-electron chi connectivity index (χ0n) is 14.0. The highest BCUT2D eigenvalue weighted by Gasteiger charge is 2.31. The molecule has 0 spiro atoms. The Labute approximate surface area is 141 Å². The van der Waals surface area contributed by atoms with Crippen LogP contribution in [0.15, 0.2) is 24.3 Å². The van der Waals surface area contributed by atoms with Crippen LogP contribution < -0.4 is 10.2 Å². The zero-order chi connectivity index (χ0) is 17.0. The lowest BCUT2D eigenvalue weighted by molar-refractivity contribution is -0.138. The zero-order valence-corrected chi connectivity index (χ0v) is 14.0. The number of hydrogen-bond donors (Lipinski definition) is 1. The molecule has 3 rings (SSSR count). The second kappa shape index (κ2) is 7.74. The molecule has 6 heteroatoms. The molecule has 0 unspecified atom stereocenters. The van der Waals surface area contributed by atoms with Crippen molar-refractivity contribution in [3.05, 3.63) is 29.8 Å². The van der Waals surface area contributed by atoms with Gasteiger partial charge in [-0.3, -0.25) is 4.90 Å². The van der Waals surface area contributed by atoms with Gasteiger partial charge in [-0.1, -0.05) is 12.1 Å². The predicted octanol–water partition coefficient (Wildman–Crippen LogP) is 3.58. The molecule has 0 amide bonds. The van der Waals surface area contributed by atoms with Crippen LogP contribution >= 0.6 is 0 Å². The van der Waals surface area contributed by atoms with E-state index in [1.165, 1.54) is 18.5 Å². The molecular formula is C18H26F3N3. The Balaban J connectivity index is 1.73. The number of benzene rings is 1. The summed E-state index contributed by atoms with van der Waals surface area (Å²) in [5, 5.41) is 3.27. The Morgan fingerprint density at radius 3 is 2.17 bits per heavy atom. The second-order valence-corrected chi connectivity index (χ2v) is 6.74. The van der Waals surface area contributed by atoms with E-state index in [1.807, 2.05) is 12.1 Å². The third kappa shape index (κ3) is 4.63. The lowest BCUT2D eigenvalue weighted by atomic mass is 9.99. The Kier molecular flexibility index (Phi) is 5.66. The maximum absolute atomic E-state index is 12.7. The van der Waals surface area contributed by atoms with Crippen LogP contribution in [0.5, 0.6) is 0 Å². The van der Waals surface area contributed by atoms with Crippen molar-refractivity contribution in [2.45, 2.75) is 37.9 Å². The maximum atomic E-state index is 12.7. The minimum absolute atomic E-state index is 0.132. The molecule has 1 aromatic rings. The van der Waals surface area contributed by atoms with Gasteiger partial charge in [0.15, 0.2) is 0 Å². The van der Waals surface area contributed by atoms with Gasteiger partial charge in [-0.2, -0.15) is 13.2 Å². The van der Waals surface area contributed by atoms with E-state index in [2.05, 4.69) is 27.2 Å². The van der Waals surface area contributed by atoms with Crippen LogP contribution in [0.3, 0.4) is 0 Å². The SMILES string of the molecule is FC(F)(F)CC[C@@H](c1ccc(N2CCCC2)cc1)N1CCNCC1. The molecule has 1 aromatic carbocycles. The van der Waals surface area contributed by atoms with E-state index in [0.717, 1.165) is 44.8 Å². The van der Waals surface area contributed by atoms with Gasteiger partial charge in [0.05, 0.1) is 0 Å². The fourth-order valence-corrected chi connectivity index (χ4v) is 3.74. The van der Waals surface area contributed by atoms with Crippen LogP contribution in [0, 0.1) is 0 Å². The normalized spacial score (nSPS) is 21.2. The monoisotopic (exact) mass is 341 g/mol. The molecule has 2 heterocycles. The van der Waals surface area contributed by atoms with E-state index >= 15 is 0 Å². The topological polar surface area (TPSA) is 18.5 Å². The van der Waals surface area contributed by atoms with Crippen molar-refractivity contribution in [3.8, 4) is 0 Å². The van der Waals surface area contributed by atoms with Crippen LogP contribution in [0.4, 0.5) is 18.9 Å². The van der Waals surface area contributed by atoms with Crippen molar-refractivity contribution >= 4 is 5.69 Å². The average molecular weight is 341 g/mol. The van der Waals surface area contributed by atoms with Crippen molar-refractivity contribution < 1.29 is 13.2 Å². The highest BCUT2D eigenvalue weighted by molar-refractivity contribution is 5.48. The Hall–Kier alpha value is -1.27. The summed E-state index contributed by atoms with van der Waals surface area (Å²) in [6.45, 7) is 5.44. The number of piperazine rings is 1. The lowest BCUT2D eigenvalue weighted by Gasteiger charge is -2.35. The van der Waals surface area contributed by atoms with Gasteiger partial charge >= 0.3 is 6.18 Å². The summed E-state index contributed by atoms with van der Waals surface area (Å²) < 4.78 is 38.2. The van der Waals surface area contributed by atoms with Gasteiger partial charge in [-0.15, -0.1) is 0 Å². The minimum atomic E-state index is -4.10. The largest absolute Gasteiger partial charge is 0.389 e. The highest BCUT2D eigenvalue weighted by Crippen LogP contribution is 2.33. The van der Waals surface area contributed by atoms with E-state index in [4.69, 9.17) is 0 Å². The Bertz CT molecular complexity index is 503. The van der Waals surface area contributed by atoms with Gasteiger partial charge in [0, 0.05) is 57.4 Å². The number of anilines is 1. The average Bonchev–Trinajstić information content (AvgIpc) is 3.10. The Morgan fingerprint density at radius 2 is 1.58 bits per heavy atom. The summed E-state index contributed by atoms with van der Waals surface area (Å²) in [5.41, 5.74) is 2.19. The van der Waals surface area contributed by atoms with Crippen LogP contribution in [-0.2, 0) is 0 Å². The number of nitrogens with one attached hydrogen (secondary N) is 1. The molecule has 2 saturated heterocycles. The van der Waals surface area contributed by atoms with E-state index in [9.17, 15) is 13.2 Å². The van der Waals surface area contributed by atoms with E-state index in [0.29, 0.717) is 0 Å². The number of hydrogen-bond acceptors (Lipinski definition) is 3. The summed E-state index contributed by atoms with van der Waals surface area (Å²) in [7, 11) is 0. The van der Waals surface area contributed by atoms with Gasteiger partial charge < -0.3 is 10.2 Å². The van der Waals surface area contributed by atoms with Gasteiger partial charge in [-0.25, -0.2) is 0 Å². The van der Waals surface area contributed by atoms with Gasteiger partial charge in [0.2, 0.25) is 0 Å². The summed E-state index contributed by atoms with van der Waals surface area (Å²) in [5.74, 6) is 0. The first-order chi connectivity index (χ1) is 11.5. The first-order valence-corrected chi connectivity index (χ1v) is 8.89. The Morgan fingerprint density at radius 1 is 0.958 bits per heavy atom. The number of halogens is 3. The van der Waals surface area contributed by atoms with Gasteiger partial charge in [0.25, 0.3) is 0 Å². The van der Waals surface area contributed by atoms with Crippen molar-refractivity contribution in [2.24, 2.45) is 0 Å². The first kappa shape index (κ1) is 17.5. The standard InChI is InChI=1S/C18H26F3N3/c19-18(20,21)8-7-17(24-13-9-22-10-14-24)15-3-5-16(6-4-15)23-11-1-2-12-23/h3-6,17,22H,1-2,7-14H2/t17-/m0/s1. The molecule has 2 fully saturated rings. The minimum Gasteiger partial charge on any atom is -0.372 e. The molecule has 1 atom stereocenters. The smallest absolute Gasteiger partial charge is 0.372 e. The van der Waals surface area contributed by atoms with Crippen LogP contribution in [0.2, 0.25) is 0 Å². The molecule has 2 aliphatic heterocycles. The van der Waals surface area contributed by atoms with E-state index < -0.39 is 12.6 Å².